The number of hydrogen-bond donors (Lipinski definition) is 1. The Hall–Kier alpha value is -1.31. The summed E-state index contributed by atoms with van der Waals surface area (Å²) in [7, 11) is 1.92. The van der Waals surface area contributed by atoms with Crippen molar-refractivity contribution in [2.24, 2.45) is 5.73 Å². The van der Waals surface area contributed by atoms with Gasteiger partial charge in [-0.25, -0.2) is 0 Å². The molecule has 0 bridgehead atoms. The first kappa shape index (κ1) is 14.1. The van der Waals surface area contributed by atoms with Gasteiger partial charge in [0.25, 0.3) is 5.91 Å². The van der Waals surface area contributed by atoms with Gasteiger partial charge in [-0.2, -0.15) is 0 Å². The van der Waals surface area contributed by atoms with Crippen molar-refractivity contribution in [3.63, 3.8) is 0 Å². The summed E-state index contributed by atoms with van der Waals surface area (Å²) in [6.45, 7) is 2.34. The van der Waals surface area contributed by atoms with Crippen molar-refractivity contribution in [1.29, 1.82) is 0 Å². The maximum atomic E-state index is 12.4. The van der Waals surface area contributed by atoms with E-state index in [0.29, 0.717) is 12.6 Å². The van der Waals surface area contributed by atoms with E-state index in [-0.39, 0.29) is 5.91 Å². The van der Waals surface area contributed by atoms with Crippen LogP contribution >= 0.6 is 11.3 Å². The fraction of sp³-hybridized carbons (Fsp3) is 0.533. The van der Waals surface area contributed by atoms with Gasteiger partial charge in [-0.3, -0.25) is 4.79 Å². The Kier molecular flexibility index (Phi) is 4.62. The first-order valence-electron chi connectivity index (χ1n) is 6.70. The highest BCUT2D eigenvalue weighted by Crippen LogP contribution is 2.27. The third kappa shape index (κ3) is 3.17. The van der Waals surface area contributed by atoms with E-state index < -0.39 is 0 Å². The summed E-state index contributed by atoms with van der Waals surface area (Å²) < 4.78 is 0. The lowest BCUT2D eigenvalue weighted by Gasteiger charge is -2.23. The van der Waals surface area contributed by atoms with E-state index in [0.717, 1.165) is 28.2 Å². The van der Waals surface area contributed by atoms with E-state index >= 15 is 0 Å². The lowest BCUT2D eigenvalue weighted by molar-refractivity contribution is 0.0740. The summed E-state index contributed by atoms with van der Waals surface area (Å²) in [4.78, 5) is 16.1. The summed E-state index contributed by atoms with van der Waals surface area (Å²) in [5.74, 6) is 6.00. The standard InChI is InChI=1S/C15H20N2OS/c1-11-10-14(19-13(11)8-5-9-16)15(18)17(2)12-6-3-4-7-12/h10,12H,3-4,6-7,9,16H2,1-2H3. The summed E-state index contributed by atoms with van der Waals surface area (Å²) in [6.07, 6.45) is 4.73. The minimum absolute atomic E-state index is 0.126. The molecule has 1 amide bonds. The molecule has 0 aliphatic heterocycles. The Labute approximate surface area is 118 Å². The molecule has 1 saturated carbocycles. The molecule has 2 rings (SSSR count). The molecular formula is C15H20N2OS. The molecule has 1 aromatic heterocycles. The highest BCUT2D eigenvalue weighted by molar-refractivity contribution is 7.14. The summed E-state index contributed by atoms with van der Waals surface area (Å²) in [6, 6.07) is 2.35. The van der Waals surface area contributed by atoms with Crippen molar-refractivity contribution in [3.8, 4) is 11.8 Å². The smallest absolute Gasteiger partial charge is 0.263 e. The van der Waals surface area contributed by atoms with Crippen molar-refractivity contribution in [2.45, 2.75) is 38.6 Å². The lowest BCUT2D eigenvalue weighted by atomic mass is 10.2. The third-order valence-corrected chi connectivity index (χ3v) is 4.77. The monoisotopic (exact) mass is 276 g/mol. The maximum absolute atomic E-state index is 12.4. The molecule has 3 nitrogen and oxygen atoms in total. The van der Waals surface area contributed by atoms with Gasteiger partial charge in [0.2, 0.25) is 0 Å². The molecule has 1 aliphatic rings. The summed E-state index contributed by atoms with van der Waals surface area (Å²) >= 11 is 1.47. The quantitative estimate of drug-likeness (QED) is 0.843. The molecule has 4 heteroatoms. The number of carbonyl (C=O) groups is 1. The summed E-state index contributed by atoms with van der Waals surface area (Å²) in [5.41, 5.74) is 6.44. The molecule has 1 aliphatic carbocycles. The number of aryl methyl sites for hydroxylation is 1. The number of carbonyl (C=O) groups excluding carboxylic acids is 1. The molecule has 1 aromatic rings. The van der Waals surface area contributed by atoms with Crippen LogP contribution in [0.15, 0.2) is 6.07 Å². The van der Waals surface area contributed by atoms with E-state index in [4.69, 9.17) is 5.73 Å². The second-order valence-electron chi connectivity index (χ2n) is 4.98. The zero-order valence-corrected chi connectivity index (χ0v) is 12.3. The zero-order valence-electron chi connectivity index (χ0n) is 11.5. The normalized spacial score (nSPS) is 15.1. The van der Waals surface area contributed by atoms with Crippen LogP contribution in [0, 0.1) is 18.8 Å². The Morgan fingerprint density at radius 3 is 2.84 bits per heavy atom. The number of amides is 1. The summed E-state index contributed by atoms with van der Waals surface area (Å²) in [5, 5.41) is 0. The Morgan fingerprint density at radius 1 is 1.53 bits per heavy atom. The van der Waals surface area contributed by atoms with Crippen molar-refractivity contribution >= 4 is 17.2 Å². The number of thiophene rings is 1. The van der Waals surface area contributed by atoms with Gasteiger partial charge in [0.1, 0.15) is 0 Å². The van der Waals surface area contributed by atoms with Gasteiger partial charge >= 0.3 is 0 Å². The molecule has 0 spiro atoms. The van der Waals surface area contributed by atoms with Gasteiger partial charge in [0, 0.05) is 13.1 Å². The Balaban J connectivity index is 2.14. The predicted molar refractivity (Wildman–Crippen MR) is 79.3 cm³/mol. The van der Waals surface area contributed by atoms with Crippen LogP contribution in [-0.2, 0) is 0 Å². The average Bonchev–Trinajstić information content (AvgIpc) is 3.04. The van der Waals surface area contributed by atoms with Crippen LogP contribution in [0.25, 0.3) is 0 Å². The molecule has 0 aromatic carbocycles. The molecule has 102 valence electrons. The van der Waals surface area contributed by atoms with E-state index in [1.807, 2.05) is 24.9 Å². The van der Waals surface area contributed by atoms with Gasteiger partial charge in [-0.1, -0.05) is 24.7 Å². The average molecular weight is 276 g/mol. The van der Waals surface area contributed by atoms with E-state index in [1.165, 1.54) is 24.2 Å². The topological polar surface area (TPSA) is 46.3 Å². The second-order valence-corrected chi connectivity index (χ2v) is 6.04. The Morgan fingerprint density at radius 2 is 2.21 bits per heavy atom. The number of hydrogen-bond acceptors (Lipinski definition) is 3. The molecule has 0 radical (unpaired) electrons. The number of nitrogens with zero attached hydrogens (tertiary/aromatic N) is 1. The van der Waals surface area contributed by atoms with Gasteiger partial charge in [0.15, 0.2) is 0 Å². The van der Waals surface area contributed by atoms with E-state index in [9.17, 15) is 4.79 Å². The maximum Gasteiger partial charge on any atom is 0.263 e. The first-order chi connectivity index (χ1) is 9.13. The molecular weight excluding hydrogens is 256 g/mol. The predicted octanol–water partition coefficient (Wildman–Crippen LogP) is 2.38. The highest BCUT2D eigenvalue weighted by Gasteiger charge is 2.25. The SMILES string of the molecule is Cc1cc(C(=O)N(C)C2CCCC2)sc1C#CCN. The Bertz CT molecular complexity index is 518. The number of rotatable bonds is 2. The minimum Gasteiger partial charge on any atom is -0.338 e. The fourth-order valence-corrected chi connectivity index (χ4v) is 3.50. The highest BCUT2D eigenvalue weighted by atomic mass is 32.1. The molecule has 0 atom stereocenters. The van der Waals surface area contributed by atoms with Crippen molar-refractivity contribution < 1.29 is 4.79 Å². The van der Waals surface area contributed by atoms with Crippen LogP contribution in [0.4, 0.5) is 0 Å². The van der Waals surface area contributed by atoms with Crippen LogP contribution in [0.1, 0.15) is 45.8 Å². The van der Waals surface area contributed by atoms with Gasteiger partial charge < -0.3 is 10.6 Å². The van der Waals surface area contributed by atoms with Gasteiger partial charge in [-0.15, -0.1) is 11.3 Å². The fourth-order valence-electron chi connectivity index (χ4n) is 2.47. The molecule has 1 heterocycles. The van der Waals surface area contributed by atoms with Crippen molar-refractivity contribution in [3.05, 3.63) is 21.4 Å². The van der Waals surface area contributed by atoms with E-state index in [1.54, 1.807) is 0 Å². The van der Waals surface area contributed by atoms with Crippen LogP contribution in [0.3, 0.4) is 0 Å². The number of nitrogens with two attached hydrogens (primary N) is 1. The third-order valence-electron chi connectivity index (χ3n) is 3.63. The zero-order chi connectivity index (χ0) is 13.8. The van der Waals surface area contributed by atoms with E-state index in [2.05, 4.69) is 11.8 Å². The van der Waals surface area contributed by atoms with Crippen LogP contribution in [0.2, 0.25) is 0 Å². The van der Waals surface area contributed by atoms with Gasteiger partial charge in [0.05, 0.1) is 16.3 Å². The second kappa shape index (κ2) is 6.23. The molecule has 19 heavy (non-hydrogen) atoms. The van der Waals surface area contributed by atoms with Crippen LogP contribution in [-0.4, -0.2) is 30.4 Å². The lowest BCUT2D eigenvalue weighted by Crippen LogP contribution is -2.34. The van der Waals surface area contributed by atoms with Crippen LogP contribution < -0.4 is 5.73 Å². The largest absolute Gasteiger partial charge is 0.338 e. The molecule has 1 fully saturated rings. The molecule has 0 saturated heterocycles. The molecule has 0 unspecified atom stereocenters. The minimum atomic E-state index is 0.126. The van der Waals surface area contributed by atoms with Gasteiger partial charge in [-0.05, 0) is 31.4 Å². The van der Waals surface area contributed by atoms with Crippen molar-refractivity contribution in [1.82, 2.24) is 4.90 Å². The van der Waals surface area contributed by atoms with Crippen molar-refractivity contribution in [2.75, 3.05) is 13.6 Å². The first-order valence-corrected chi connectivity index (χ1v) is 7.51. The molecule has 2 N–H and O–H groups in total. The van der Waals surface area contributed by atoms with Crippen LogP contribution in [0.5, 0.6) is 0 Å².